The van der Waals surface area contributed by atoms with Crippen molar-refractivity contribution in [2.75, 3.05) is 19.8 Å². The number of benzene rings is 1. The van der Waals surface area contributed by atoms with Gasteiger partial charge in [0.2, 0.25) is 0 Å². The molecule has 4 nitrogen and oxygen atoms in total. The molecule has 2 unspecified atom stereocenters. The third kappa shape index (κ3) is 3.06. The van der Waals surface area contributed by atoms with Crippen molar-refractivity contribution in [1.82, 2.24) is 0 Å². The van der Waals surface area contributed by atoms with Crippen LogP contribution in [-0.4, -0.2) is 36.2 Å². The van der Waals surface area contributed by atoms with E-state index >= 15 is 0 Å². The monoisotopic (exact) mass is 255 g/mol. The Morgan fingerprint density at radius 1 is 1.35 bits per heavy atom. The number of aliphatic hydroxyl groups is 1. The van der Waals surface area contributed by atoms with E-state index in [4.69, 9.17) is 15.2 Å². The molecule has 0 spiro atoms. The summed E-state index contributed by atoms with van der Waals surface area (Å²) in [5, 5.41) is 9.24. The number of hydrogen-bond acceptors (Lipinski definition) is 5. The van der Waals surface area contributed by atoms with Crippen LogP contribution in [0.15, 0.2) is 23.1 Å². The van der Waals surface area contributed by atoms with Crippen molar-refractivity contribution in [2.45, 2.75) is 23.1 Å². The van der Waals surface area contributed by atoms with Gasteiger partial charge in [-0.1, -0.05) is 0 Å². The normalized spacial score (nSPS) is 17.6. The van der Waals surface area contributed by atoms with Crippen LogP contribution in [0.2, 0.25) is 0 Å². The summed E-state index contributed by atoms with van der Waals surface area (Å²) in [7, 11) is 0. The standard InChI is InChI=1S/C12H17NO3S/c1-8(13)12(7-14)17-9-2-3-10-11(6-9)16-5-4-15-10/h2-3,6,8,12,14H,4-5,7,13H2,1H3. The third-order valence-corrected chi connectivity index (χ3v) is 3.97. The van der Waals surface area contributed by atoms with Gasteiger partial charge in [-0.3, -0.25) is 0 Å². The van der Waals surface area contributed by atoms with Crippen LogP contribution in [0.3, 0.4) is 0 Å². The lowest BCUT2D eigenvalue weighted by atomic mass is 10.2. The first-order valence-corrected chi connectivity index (χ1v) is 6.51. The van der Waals surface area contributed by atoms with E-state index in [0.29, 0.717) is 13.2 Å². The zero-order chi connectivity index (χ0) is 12.3. The van der Waals surface area contributed by atoms with E-state index in [1.54, 1.807) is 11.8 Å². The second-order valence-corrected chi connectivity index (χ2v) is 5.32. The zero-order valence-electron chi connectivity index (χ0n) is 9.76. The average Bonchev–Trinajstić information content (AvgIpc) is 2.35. The van der Waals surface area contributed by atoms with Gasteiger partial charge >= 0.3 is 0 Å². The summed E-state index contributed by atoms with van der Waals surface area (Å²) >= 11 is 1.56. The molecule has 0 radical (unpaired) electrons. The lowest BCUT2D eigenvalue weighted by molar-refractivity contribution is 0.171. The predicted molar refractivity (Wildman–Crippen MR) is 67.8 cm³/mol. The first-order chi connectivity index (χ1) is 8.20. The smallest absolute Gasteiger partial charge is 0.162 e. The van der Waals surface area contributed by atoms with Crippen molar-refractivity contribution >= 4 is 11.8 Å². The number of rotatable bonds is 4. The van der Waals surface area contributed by atoms with Crippen molar-refractivity contribution in [3.63, 3.8) is 0 Å². The number of hydrogen-bond donors (Lipinski definition) is 2. The maximum absolute atomic E-state index is 9.24. The first-order valence-electron chi connectivity index (χ1n) is 5.63. The third-order valence-electron chi connectivity index (χ3n) is 2.57. The van der Waals surface area contributed by atoms with Gasteiger partial charge in [0.25, 0.3) is 0 Å². The summed E-state index contributed by atoms with van der Waals surface area (Å²) in [5.74, 6) is 1.55. The molecule has 0 aromatic heterocycles. The molecule has 2 atom stereocenters. The minimum absolute atomic E-state index is 0.00226. The topological polar surface area (TPSA) is 64.7 Å². The molecule has 3 N–H and O–H groups in total. The molecule has 0 saturated carbocycles. The summed E-state index contributed by atoms with van der Waals surface area (Å²) < 4.78 is 11.0. The SMILES string of the molecule is CC(N)C(CO)Sc1ccc2c(c1)OCCO2. The quantitative estimate of drug-likeness (QED) is 0.793. The molecule has 1 aliphatic rings. The molecule has 94 valence electrons. The van der Waals surface area contributed by atoms with E-state index in [1.165, 1.54) is 0 Å². The summed E-state index contributed by atoms with van der Waals surface area (Å²) in [6.07, 6.45) is 0. The van der Waals surface area contributed by atoms with Crippen LogP contribution >= 0.6 is 11.8 Å². The summed E-state index contributed by atoms with van der Waals surface area (Å²) in [6, 6.07) is 5.73. The highest BCUT2D eigenvalue weighted by Gasteiger charge is 2.17. The first kappa shape index (κ1) is 12.5. The Labute approximate surface area is 105 Å². The molecular formula is C12H17NO3S. The molecule has 5 heteroatoms. The number of fused-ring (bicyclic) bond motifs is 1. The molecule has 1 aliphatic heterocycles. The highest BCUT2D eigenvalue weighted by Crippen LogP contribution is 2.35. The number of aliphatic hydroxyl groups excluding tert-OH is 1. The maximum atomic E-state index is 9.24. The Morgan fingerprint density at radius 3 is 2.71 bits per heavy atom. The van der Waals surface area contributed by atoms with Crippen molar-refractivity contribution in [3.8, 4) is 11.5 Å². The highest BCUT2D eigenvalue weighted by atomic mass is 32.2. The van der Waals surface area contributed by atoms with Gasteiger partial charge < -0.3 is 20.3 Å². The van der Waals surface area contributed by atoms with Gasteiger partial charge in [0.15, 0.2) is 11.5 Å². The molecule has 0 bridgehead atoms. The van der Waals surface area contributed by atoms with Gasteiger partial charge in [-0.05, 0) is 25.1 Å². The van der Waals surface area contributed by atoms with E-state index in [-0.39, 0.29) is 17.9 Å². The molecule has 0 aliphatic carbocycles. The van der Waals surface area contributed by atoms with Crippen LogP contribution < -0.4 is 15.2 Å². The van der Waals surface area contributed by atoms with Gasteiger partial charge in [0.05, 0.1) is 6.61 Å². The van der Waals surface area contributed by atoms with Crippen molar-refractivity contribution in [2.24, 2.45) is 5.73 Å². The maximum Gasteiger partial charge on any atom is 0.162 e. The van der Waals surface area contributed by atoms with Crippen LogP contribution in [0.4, 0.5) is 0 Å². The molecule has 1 aromatic rings. The second-order valence-electron chi connectivity index (χ2n) is 4.00. The van der Waals surface area contributed by atoms with Crippen molar-refractivity contribution in [3.05, 3.63) is 18.2 Å². The Morgan fingerprint density at radius 2 is 2.06 bits per heavy atom. The van der Waals surface area contributed by atoms with E-state index in [1.807, 2.05) is 25.1 Å². The van der Waals surface area contributed by atoms with Gasteiger partial charge in [-0.25, -0.2) is 0 Å². The average molecular weight is 255 g/mol. The fourth-order valence-electron chi connectivity index (χ4n) is 1.58. The minimum Gasteiger partial charge on any atom is -0.486 e. The fourth-order valence-corrected chi connectivity index (χ4v) is 2.54. The van der Waals surface area contributed by atoms with Gasteiger partial charge in [0.1, 0.15) is 13.2 Å². The largest absolute Gasteiger partial charge is 0.486 e. The molecule has 1 heterocycles. The lowest BCUT2D eigenvalue weighted by Crippen LogP contribution is -2.31. The van der Waals surface area contributed by atoms with E-state index in [9.17, 15) is 5.11 Å². The Hall–Kier alpha value is -0.910. The minimum atomic E-state index is -0.0572. The highest BCUT2D eigenvalue weighted by molar-refractivity contribution is 8.00. The molecule has 1 aromatic carbocycles. The Bertz CT molecular complexity index is 384. The Kier molecular flexibility index (Phi) is 4.15. The predicted octanol–water partition coefficient (Wildman–Crippen LogP) is 1.26. The number of thioether (sulfide) groups is 1. The van der Waals surface area contributed by atoms with Crippen molar-refractivity contribution in [1.29, 1.82) is 0 Å². The molecule has 0 amide bonds. The van der Waals surface area contributed by atoms with Gasteiger partial charge in [0, 0.05) is 16.2 Å². The molecule has 17 heavy (non-hydrogen) atoms. The van der Waals surface area contributed by atoms with Crippen LogP contribution in [0.25, 0.3) is 0 Å². The summed E-state index contributed by atoms with van der Waals surface area (Å²) in [6.45, 7) is 3.14. The van der Waals surface area contributed by atoms with Crippen LogP contribution in [0.1, 0.15) is 6.92 Å². The van der Waals surface area contributed by atoms with Gasteiger partial charge in [-0.15, -0.1) is 11.8 Å². The van der Waals surface area contributed by atoms with E-state index in [0.717, 1.165) is 16.4 Å². The molecular weight excluding hydrogens is 238 g/mol. The number of nitrogens with two attached hydrogens (primary N) is 1. The molecule has 0 saturated heterocycles. The number of ether oxygens (including phenoxy) is 2. The zero-order valence-corrected chi connectivity index (χ0v) is 10.6. The second kappa shape index (κ2) is 5.62. The van der Waals surface area contributed by atoms with Crippen molar-refractivity contribution < 1.29 is 14.6 Å². The fraction of sp³-hybridized carbons (Fsp3) is 0.500. The van der Waals surface area contributed by atoms with Crippen LogP contribution in [0.5, 0.6) is 11.5 Å². The van der Waals surface area contributed by atoms with Crippen LogP contribution in [0, 0.1) is 0 Å². The van der Waals surface area contributed by atoms with Gasteiger partial charge in [-0.2, -0.15) is 0 Å². The molecule has 2 rings (SSSR count). The van der Waals surface area contributed by atoms with E-state index in [2.05, 4.69) is 0 Å². The van der Waals surface area contributed by atoms with E-state index < -0.39 is 0 Å². The molecule has 0 fully saturated rings. The summed E-state index contributed by atoms with van der Waals surface area (Å²) in [5.41, 5.74) is 5.80. The summed E-state index contributed by atoms with van der Waals surface area (Å²) in [4.78, 5) is 1.03. The van der Waals surface area contributed by atoms with Crippen LogP contribution in [-0.2, 0) is 0 Å². The Balaban J connectivity index is 2.11. The lowest BCUT2D eigenvalue weighted by Gasteiger charge is -2.21.